The predicted octanol–water partition coefficient (Wildman–Crippen LogP) is 2.98. The highest BCUT2D eigenvalue weighted by Gasteiger charge is 2.16. The number of rotatable bonds is 4. The number of nitro groups is 1. The van der Waals surface area contributed by atoms with Crippen molar-refractivity contribution in [1.82, 2.24) is 16.0 Å². The molecule has 0 fully saturated rings. The Balaban J connectivity index is 1.65. The van der Waals surface area contributed by atoms with Crippen molar-refractivity contribution in [3.63, 3.8) is 0 Å². The fraction of sp³-hybridized carbons (Fsp3) is 0. The van der Waals surface area contributed by atoms with Crippen LogP contribution in [0.15, 0.2) is 59.1 Å². The molecule has 0 spiro atoms. The van der Waals surface area contributed by atoms with Crippen LogP contribution in [0.4, 0.5) is 5.69 Å². The summed E-state index contributed by atoms with van der Waals surface area (Å²) in [4.78, 5) is 34.2. The molecule has 1 aromatic heterocycles. The van der Waals surface area contributed by atoms with Gasteiger partial charge in [-0.1, -0.05) is 35.0 Å². The molecule has 10 heteroatoms. The van der Waals surface area contributed by atoms with Crippen molar-refractivity contribution in [1.29, 1.82) is 0 Å². The van der Waals surface area contributed by atoms with Crippen LogP contribution in [0.2, 0.25) is 5.02 Å². The van der Waals surface area contributed by atoms with Gasteiger partial charge >= 0.3 is 0 Å². The van der Waals surface area contributed by atoms with E-state index < -0.39 is 16.7 Å². The van der Waals surface area contributed by atoms with Crippen LogP contribution in [0.5, 0.6) is 0 Å². The van der Waals surface area contributed by atoms with E-state index in [-0.39, 0.29) is 16.9 Å². The smallest absolute Gasteiger partial charge is 0.291 e. The van der Waals surface area contributed by atoms with Crippen LogP contribution in [0.1, 0.15) is 20.8 Å². The van der Waals surface area contributed by atoms with E-state index in [0.717, 1.165) is 6.07 Å². The lowest BCUT2D eigenvalue weighted by molar-refractivity contribution is -0.384. The molecule has 27 heavy (non-hydrogen) atoms. The second kappa shape index (κ2) is 7.67. The average molecular weight is 387 g/mol. The second-order valence-electron chi connectivity index (χ2n) is 5.30. The number of hydrogen-bond acceptors (Lipinski definition) is 6. The maximum absolute atomic E-state index is 12.1. The normalized spacial score (nSPS) is 10.3. The van der Waals surface area contributed by atoms with Gasteiger partial charge in [-0.3, -0.25) is 30.6 Å². The number of aromatic nitrogens is 1. The Morgan fingerprint density at radius 2 is 1.78 bits per heavy atom. The summed E-state index contributed by atoms with van der Waals surface area (Å²) < 4.78 is 5.10. The molecule has 3 rings (SSSR count). The van der Waals surface area contributed by atoms with Crippen LogP contribution >= 0.6 is 11.6 Å². The number of carbonyl (C=O) groups is 2. The number of nitrogens with one attached hydrogen (secondary N) is 2. The van der Waals surface area contributed by atoms with Crippen molar-refractivity contribution in [3.8, 4) is 11.3 Å². The second-order valence-corrected chi connectivity index (χ2v) is 5.74. The van der Waals surface area contributed by atoms with Crippen molar-refractivity contribution in [2.45, 2.75) is 0 Å². The number of hydrazine groups is 1. The third-order valence-electron chi connectivity index (χ3n) is 3.46. The molecule has 0 aliphatic heterocycles. The summed E-state index contributed by atoms with van der Waals surface area (Å²) in [6.45, 7) is 0. The van der Waals surface area contributed by atoms with Gasteiger partial charge in [0.2, 0.25) is 0 Å². The molecule has 0 aliphatic rings. The number of nitrogens with zero attached hydrogens (tertiary/aromatic N) is 2. The molecule has 0 saturated heterocycles. The highest BCUT2D eigenvalue weighted by atomic mass is 35.5. The van der Waals surface area contributed by atoms with Crippen molar-refractivity contribution in [2.75, 3.05) is 0 Å². The van der Waals surface area contributed by atoms with E-state index in [9.17, 15) is 19.7 Å². The first-order chi connectivity index (χ1) is 12.9. The zero-order chi connectivity index (χ0) is 19.4. The van der Waals surface area contributed by atoms with Gasteiger partial charge in [0.25, 0.3) is 17.5 Å². The fourth-order valence-electron chi connectivity index (χ4n) is 2.17. The molecular weight excluding hydrogens is 376 g/mol. The van der Waals surface area contributed by atoms with Crippen molar-refractivity contribution in [2.24, 2.45) is 0 Å². The maximum atomic E-state index is 12.1. The van der Waals surface area contributed by atoms with Gasteiger partial charge in [-0.15, -0.1) is 0 Å². The lowest BCUT2D eigenvalue weighted by Gasteiger charge is -2.05. The Hall–Kier alpha value is -3.72. The lowest BCUT2D eigenvalue weighted by Crippen LogP contribution is -2.41. The van der Waals surface area contributed by atoms with Crippen LogP contribution in [-0.2, 0) is 0 Å². The third kappa shape index (κ3) is 4.28. The van der Waals surface area contributed by atoms with Gasteiger partial charge in [0.05, 0.1) is 4.92 Å². The van der Waals surface area contributed by atoms with Crippen molar-refractivity contribution < 1.29 is 19.0 Å². The van der Waals surface area contributed by atoms with Gasteiger partial charge in [0.15, 0.2) is 11.5 Å². The zero-order valence-electron chi connectivity index (χ0n) is 13.5. The summed E-state index contributed by atoms with van der Waals surface area (Å²) in [5.41, 5.74) is 4.67. The van der Waals surface area contributed by atoms with Gasteiger partial charge in [-0.25, -0.2) is 0 Å². The largest absolute Gasteiger partial charge is 0.355 e. The number of halogens is 1. The molecule has 0 saturated carbocycles. The Morgan fingerprint density at radius 1 is 1.04 bits per heavy atom. The monoisotopic (exact) mass is 386 g/mol. The number of hydrogen-bond donors (Lipinski definition) is 2. The fourth-order valence-corrected chi connectivity index (χ4v) is 2.36. The van der Waals surface area contributed by atoms with Gasteiger partial charge in [-0.2, -0.15) is 0 Å². The summed E-state index contributed by atoms with van der Waals surface area (Å²) in [5, 5.41) is 14.9. The molecule has 2 N–H and O–H groups in total. The molecule has 0 unspecified atom stereocenters. The van der Waals surface area contributed by atoms with Crippen LogP contribution in [0.3, 0.4) is 0 Å². The average Bonchev–Trinajstić information content (AvgIpc) is 3.16. The van der Waals surface area contributed by atoms with Gasteiger partial charge in [0, 0.05) is 34.3 Å². The molecule has 1 heterocycles. The first-order valence-corrected chi connectivity index (χ1v) is 7.89. The van der Waals surface area contributed by atoms with Gasteiger partial charge in [-0.05, 0) is 18.2 Å². The number of carbonyl (C=O) groups excluding carboxylic acids is 2. The molecule has 2 aromatic carbocycles. The lowest BCUT2D eigenvalue weighted by atomic mass is 10.1. The first-order valence-electron chi connectivity index (χ1n) is 7.52. The highest BCUT2D eigenvalue weighted by molar-refractivity contribution is 6.30. The molecule has 9 nitrogen and oxygen atoms in total. The van der Waals surface area contributed by atoms with E-state index in [1.807, 2.05) is 0 Å². The topological polar surface area (TPSA) is 127 Å². The van der Waals surface area contributed by atoms with E-state index in [1.54, 1.807) is 24.3 Å². The molecule has 0 aliphatic carbocycles. The summed E-state index contributed by atoms with van der Waals surface area (Å²) in [6.07, 6.45) is 0. The number of benzene rings is 2. The molecule has 0 bridgehead atoms. The number of amides is 2. The molecule has 136 valence electrons. The number of non-ortho nitro benzene ring substituents is 1. The van der Waals surface area contributed by atoms with Crippen LogP contribution in [0.25, 0.3) is 11.3 Å². The van der Waals surface area contributed by atoms with E-state index in [1.165, 1.54) is 24.3 Å². The van der Waals surface area contributed by atoms with Crippen LogP contribution < -0.4 is 10.9 Å². The highest BCUT2D eigenvalue weighted by Crippen LogP contribution is 2.23. The summed E-state index contributed by atoms with van der Waals surface area (Å²) in [5.74, 6) is -1.11. The molecule has 3 aromatic rings. The minimum Gasteiger partial charge on any atom is -0.355 e. The molecule has 0 radical (unpaired) electrons. The zero-order valence-corrected chi connectivity index (χ0v) is 14.3. The Morgan fingerprint density at radius 3 is 2.52 bits per heavy atom. The van der Waals surface area contributed by atoms with E-state index in [0.29, 0.717) is 16.3 Å². The Bertz CT molecular complexity index is 1030. The Labute approximate surface area is 157 Å². The maximum Gasteiger partial charge on any atom is 0.291 e. The standard InChI is InChI=1S/C17H11ClN4O5/c18-12-5-1-3-10(7-12)15-9-14(21-27-15)17(24)20-19-16(23)11-4-2-6-13(8-11)22(25)26/h1-9H,(H,19,23)(H,20,24). The molecule has 0 atom stereocenters. The third-order valence-corrected chi connectivity index (χ3v) is 3.70. The quantitative estimate of drug-likeness (QED) is 0.524. The van der Waals surface area contributed by atoms with Gasteiger partial charge in [0.1, 0.15) is 0 Å². The van der Waals surface area contributed by atoms with Gasteiger partial charge < -0.3 is 4.52 Å². The minimum absolute atomic E-state index is 0.0178. The summed E-state index contributed by atoms with van der Waals surface area (Å²) in [6, 6.07) is 13.3. The van der Waals surface area contributed by atoms with E-state index >= 15 is 0 Å². The SMILES string of the molecule is O=C(NNC(=O)c1cc(-c2cccc(Cl)c2)on1)c1cccc([N+](=O)[O-])c1. The predicted molar refractivity (Wildman–Crippen MR) is 95.0 cm³/mol. The minimum atomic E-state index is -0.717. The summed E-state index contributed by atoms with van der Waals surface area (Å²) >= 11 is 5.91. The van der Waals surface area contributed by atoms with E-state index in [4.69, 9.17) is 16.1 Å². The number of nitro benzene ring substituents is 1. The van der Waals surface area contributed by atoms with Crippen molar-refractivity contribution in [3.05, 3.63) is 81.0 Å². The van der Waals surface area contributed by atoms with Crippen LogP contribution in [-0.4, -0.2) is 21.9 Å². The first kappa shape index (κ1) is 18.1. The van der Waals surface area contributed by atoms with Crippen molar-refractivity contribution >= 4 is 29.1 Å². The molecular formula is C17H11ClN4O5. The summed E-state index contributed by atoms with van der Waals surface area (Å²) in [7, 11) is 0. The van der Waals surface area contributed by atoms with E-state index in [2.05, 4.69) is 16.0 Å². The Kier molecular flexibility index (Phi) is 5.13. The molecule has 2 amide bonds. The van der Waals surface area contributed by atoms with Crippen LogP contribution in [0, 0.1) is 10.1 Å².